The smallest absolute Gasteiger partial charge is 0.122 e. The fraction of sp³-hybridized carbons (Fsp3) is 0.857. The van der Waals surface area contributed by atoms with Crippen LogP contribution in [-0.4, -0.2) is 48.7 Å². The number of likely N-dealkylation sites (tertiary alicyclic amines) is 2. The van der Waals surface area contributed by atoms with Crippen molar-refractivity contribution in [1.82, 2.24) is 9.80 Å². The van der Waals surface area contributed by atoms with Crippen LogP contribution in [0.2, 0.25) is 0 Å². The van der Waals surface area contributed by atoms with Crippen molar-refractivity contribution in [1.29, 1.82) is 0 Å². The molecule has 2 atom stereocenters. The Morgan fingerprint density at radius 1 is 1.24 bits per heavy atom. The molecule has 2 heterocycles. The van der Waals surface area contributed by atoms with Gasteiger partial charge in [0.2, 0.25) is 0 Å². The minimum Gasteiger partial charge on any atom is -0.375 e. The van der Waals surface area contributed by atoms with Crippen molar-refractivity contribution in [2.75, 3.05) is 32.7 Å². The molecule has 0 aromatic rings. The van der Waals surface area contributed by atoms with Crippen LogP contribution in [0.4, 0.5) is 4.39 Å². The largest absolute Gasteiger partial charge is 0.375 e. The summed E-state index contributed by atoms with van der Waals surface area (Å²) in [7, 11) is 0. The molecule has 2 nitrogen and oxygen atoms in total. The van der Waals surface area contributed by atoms with Crippen LogP contribution in [0, 0.1) is 11.8 Å². The van der Waals surface area contributed by atoms with Gasteiger partial charge in [0.1, 0.15) is 6.17 Å². The summed E-state index contributed by atoms with van der Waals surface area (Å²) in [4.78, 5) is 4.46. The highest BCUT2D eigenvalue weighted by Crippen LogP contribution is 2.24. The maximum atomic E-state index is 14.0. The van der Waals surface area contributed by atoms with Gasteiger partial charge in [0.05, 0.1) is 0 Å². The van der Waals surface area contributed by atoms with Crippen molar-refractivity contribution in [2.45, 2.75) is 32.4 Å². The third-order valence-electron chi connectivity index (χ3n) is 4.33. The zero-order chi connectivity index (χ0) is 12.3. The average Bonchev–Trinajstić information content (AvgIpc) is 2.34. The minimum absolute atomic E-state index is 0.236. The van der Waals surface area contributed by atoms with E-state index in [4.69, 9.17) is 0 Å². The number of nitrogens with zero attached hydrogens (tertiary/aromatic N) is 2. The van der Waals surface area contributed by atoms with E-state index in [-0.39, 0.29) is 5.92 Å². The molecule has 2 saturated heterocycles. The molecule has 0 saturated carbocycles. The molecule has 0 aromatic carbocycles. The maximum Gasteiger partial charge on any atom is 0.122 e. The lowest BCUT2D eigenvalue weighted by atomic mass is 9.92. The molecule has 0 unspecified atom stereocenters. The zero-order valence-corrected chi connectivity index (χ0v) is 10.9. The van der Waals surface area contributed by atoms with Gasteiger partial charge in [-0.1, -0.05) is 13.5 Å². The van der Waals surface area contributed by atoms with E-state index in [0.717, 1.165) is 38.5 Å². The van der Waals surface area contributed by atoms with Crippen LogP contribution in [0.1, 0.15) is 26.2 Å². The number of hydrogen-bond acceptors (Lipinski definition) is 2. The van der Waals surface area contributed by atoms with Crippen LogP contribution in [-0.2, 0) is 0 Å². The van der Waals surface area contributed by atoms with Gasteiger partial charge in [-0.05, 0) is 44.5 Å². The molecule has 17 heavy (non-hydrogen) atoms. The molecule has 0 bridgehead atoms. The molecular formula is C14H25FN2. The van der Waals surface area contributed by atoms with Crippen molar-refractivity contribution in [3.63, 3.8) is 0 Å². The highest BCUT2D eigenvalue weighted by Gasteiger charge is 2.30. The fourth-order valence-corrected chi connectivity index (χ4v) is 2.92. The number of piperidine rings is 2. The van der Waals surface area contributed by atoms with Crippen LogP contribution in [0.25, 0.3) is 0 Å². The zero-order valence-electron chi connectivity index (χ0n) is 10.9. The van der Waals surface area contributed by atoms with Gasteiger partial charge in [-0.3, -0.25) is 0 Å². The summed E-state index contributed by atoms with van der Waals surface area (Å²) in [5, 5.41) is 0. The predicted octanol–water partition coefficient (Wildman–Crippen LogP) is 2.52. The quantitative estimate of drug-likeness (QED) is 0.748. The Morgan fingerprint density at radius 2 is 1.94 bits per heavy atom. The summed E-state index contributed by atoms with van der Waals surface area (Å²) in [6, 6.07) is 0. The summed E-state index contributed by atoms with van der Waals surface area (Å²) in [6.45, 7) is 10.8. The van der Waals surface area contributed by atoms with Crippen molar-refractivity contribution >= 4 is 0 Å². The Balaban J connectivity index is 1.77. The van der Waals surface area contributed by atoms with Crippen LogP contribution < -0.4 is 0 Å². The minimum atomic E-state index is -0.680. The van der Waals surface area contributed by atoms with Gasteiger partial charge in [-0.25, -0.2) is 4.39 Å². The standard InChI is InChI=1S/C14H25FN2/c1-3-16-9-6-13(14(15)11-16)10-17-7-4-12(2)5-8-17/h3,12-14H,1,4-11H2,2H3/t13-,14+/m0/s1. The molecule has 0 N–H and O–H groups in total. The molecule has 0 aromatic heterocycles. The monoisotopic (exact) mass is 240 g/mol. The van der Waals surface area contributed by atoms with E-state index in [0.29, 0.717) is 6.54 Å². The fourth-order valence-electron chi connectivity index (χ4n) is 2.92. The predicted molar refractivity (Wildman–Crippen MR) is 69.6 cm³/mol. The molecule has 0 spiro atoms. The summed E-state index contributed by atoms with van der Waals surface area (Å²) in [5.41, 5.74) is 0. The van der Waals surface area contributed by atoms with Gasteiger partial charge in [0.15, 0.2) is 0 Å². The Morgan fingerprint density at radius 3 is 2.53 bits per heavy atom. The van der Waals surface area contributed by atoms with Crippen LogP contribution in [0.3, 0.4) is 0 Å². The summed E-state index contributed by atoms with van der Waals surface area (Å²) < 4.78 is 14.0. The molecule has 2 fully saturated rings. The van der Waals surface area contributed by atoms with Gasteiger partial charge in [-0.15, -0.1) is 0 Å². The van der Waals surface area contributed by atoms with E-state index < -0.39 is 6.17 Å². The van der Waals surface area contributed by atoms with Gasteiger partial charge in [-0.2, -0.15) is 0 Å². The number of rotatable bonds is 3. The highest BCUT2D eigenvalue weighted by atomic mass is 19.1. The molecule has 2 aliphatic rings. The first-order chi connectivity index (χ1) is 8.19. The van der Waals surface area contributed by atoms with E-state index in [1.54, 1.807) is 6.20 Å². The van der Waals surface area contributed by atoms with Crippen molar-refractivity contribution in [3.8, 4) is 0 Å². The Bertz CT molecular complexity index is 249. The van der Waals surface area contributed by atoms with E-state index >= 15 is 0 Å². The first-order valence-corrected chi connectivity index (χ1v) is 6.92. The lowest BCUT2D eigenvalue weighted by Gasteiger charge is -2.38. The molecule has 0 radical (unpaired) electrons. The maximum absolute atomic E-state index is 14.0. The third-order valence-corrected chi connectivity index (χ3v) is 4.33. The Labute approximate surface area is 104 Å². The van der Waals surface area contributed by atoms with E-state index in [2.05, 4.69) is 18.4 Å². The SMILES string of the molecule is C=CN1CC[C@@H](CN2CCC(C)CC2)[C@H](F)C1. The van der Waals surface area contributed by atoms with Crippen LogP contribution in [0.5, 0.6) is 0 Å². The summed E-state index contributed by atoms with van der Waals surface area (Å²) in [5.74, 6) is 1.09. The van der Waals surface area contributed by atoms with Gasteiger partial charge >= 0.3 is 0 Å². The Hall–Kier alpha value is -0.570. The molecule has 2 aliphatic heterocycles. The molecule has 0 aliphatic carbocycles. The topological polar surface area (TPSA) is 6.48 Å². The second-order valence-electron chi connectivity index (χ2n) is 5.73. The second-order valence-corrected chi connectivity index (χ2v) is 5.73. The van der Waals surface area contributed by atoms with Crippen molar-refractivity contribution < 1.29 is 4.39 Å². The van der Waals surface area contributed by atoms with Crippen molar-refractivity contribution in [3.05, 3.63) is 12.8 Å². The number of halogens is 1. The van der Waals surface area contributed by atoms with Gasteiger partial charge < -0.3 is 9.80 Å². The third kappa shape index (κ3) is 3.44. The average molecular weight is 240 g/mol. The summed E-state index contributed by atoms with van der Waals surface area (Å²) in [6.07, 6.45) is 4.62. The van der Waals surface area contributed by atoms with Gasteiger partial charge in [0, 0.05) is 25.6 Å². The van der Waals surface area contributed by atoms with E-state index in [9.17, 15) is 4.39 Å². The number of hydrogen-bond donors (Lipinski definition) is 0. The first-order valence-electron chi connectivity index (χ1n) is 6.92. The van der Waals surface area contributed by atoms with Crippen LogP contribution >= 0.6 is 0 Å². The summed E-state index contributed by atoms with van der Waals surface area (Å²) >= 11 is 0. The van der Waals surface area contributed by atoms with Crippen LogP contribution in [0.15, 0.2) is 12.8 Å². The van der Waals surface area contributed by atoms with Crippen molar-refractivity contribution in [2.24, 2.45) is 11.8 Å². The lowest BCUT2D eigenvalue weighted by molar-refractivity contribution is 0.0709. The molecule has 2 rings (SSSR count). The molecule has 3 heteroatoms. The first kappa shape index (κ1) is 12.9. The lowest BCUT2D eigenvalue weighted by Crippen LogP contribution is -2.45. The second kappa shape index (κ2) is 5.85. The normalized spacial score (nSPS) is 32.7. The van der Waals surface area contributed by atoms with E-state index in [1.165, 1.54) is 12.8 Å². The molecule has 98 valence electrons. The Kier molecular flexibility index (Phi) is 4.43. The highest BCUT2D eigenvalue weighted by molar-refractivity contribution is 4.87. The van der Waals surface area contributed by atoms with Gasteiger partial charge in [0.25, 0.3) is 0 Å². The van der Waals surface area contributed by atoms with E-state index in [1.807, 2.05) is 4.90 Å². The number of alkyl halides is 1. The molecular weight excluding hydrogens is 215 g/mol. The molecule has 0 amide bonds.